The first-order chi connectivity index (χ1) is 16.0. The SMILES string of the molecule is C=C(CO)[C@H]1CC[C@H]2[C@@]3(CC[C@@]4(C)[C@H]([C@@H](C)CCC=C(C)C)CC[C@]24C)C[C@@]13CCC(=O)OC. The quantitative estimate of drug-likeness (QED) is 0.280. The molecule has 0 saturated heterocycles. The van der Waals surface area contributed by atoms with Crippen LogP contribution in [0.25, 0.3) is 0 Å². The van der Waals surface area contributed by atoms with Crippen LogP contribution in [0.4, 0.5) is 0 Å². The molecular weight excluding hydrogens is 420 g/mol. The van der Waals surface area contributed by atoms with Crippen molar-refractivity contribution in [2.24, 2.45) is 45.3 Å². The monoisotopic (exact) mass is 470 g/mol. The molecule has 0 aromatic rings. The molecule has 3 heteroatoms. The maximum Gasteiger partial charge on any atom is 0.305 e. The van der Waals surface area contributed by atoms with Crippen LogP contribution in [-0.2, 0) is 9.53 Å². The third kappa shape index (κ3) is 3.66. The van der Waals surface area contributed by atoms with Gasteiger partial charge >= 0.3 is 5.97 Å². The fourth-order valence-corrected chi connectivity index (χ4v) is 10.2. The summed E-state index contributed by atoms with van der Waals surface area (Å²) >= 11 is 0. The van der Waals surface area contributed by atoms with E-state index in [0.29, 0.717) is 28.6 Å². The van der Waals surface area contributed by atoms with Crippen LogP contribution in [0, 0.1) is 45.3 Å². The number of aliphatic hydroxyl groups excluding tert-OH is 1. The molecule has 3 nitrogen and oxygen atoms in total. The number of aliphatic hydroxyl groups is 1. The lowest BCUT2D eigenvalue weighted by Crippen LogP contribution is -2.54. The predicted molar refractivity (Wildman–Crippen MR) is 139 cm³/mol. The van der Waals surface area contributed by atoms with Gasteiger partial charge in [0, 0.05) is 6.42 Å². The van der Waals surface area contributed by atoms with Crippen molar-refractivity contribution in [2.75, 3.05) is 13.7 Å². The van der Waals surface area contributed by atoms with Crippen LogP contribution in [0.2, 0.25) is 0 Å². The van der Waals surface area contributed by atoms with Gasteiger partial charge in [-0.15, -0.1) is 0 Å². The molecule has 0 aliphatic heterocycles. The summed E-state index contributed by atoms with van der Waals surface area (Å²) in [7, 11) is 1.50. The Hall–Kier alpha value is -1.09. The first-order valence-corrected chi connectivity index (χ1v) is 14.0. The Balaban J connectivity index is 1.60. The van der Waals surface area contributed by atoms with Crippen molar-refractivity contribution in [1.29, 1.82) is 0 Å². The molecule has 1 N–H and O–H groups in total. The Kier molecular flexibility index (Phi) is 6.95. The second-order valence-corrected chi connectivity index (χ2v) is 13.4. The average molecular weight is 471 g/mol. The fraction of sp³-hybridized carbons (Fsp3) is 0.839. The van der Waals surface area contributed by atoms with Crippen LogP contribution in [0.3, 0.4) is 0 Å². The molecule has 192 valence electrons. The highest BCUT2D eigenvalue weighted by molar-refractivity contribution is 5.69. The lowest BCUT2D eigenvalue weighted by molar-refractivity contribution is -0.142. The van der Waals surface area contributed by atoms with Crippen molar-refractivity contribution in [2.45, 2.75) is 105 Å². The molecule has 0 aromatic carbocycles. The Morgan fingerprint density at radius 3 is 2.53 bits per heavy atom. The van der Waals surface area contributed by atoms with Gasteiger partial charge in [0.1, 0.15) is 0 Å². The molecular formula is C31H50O3. The Morgan fingerprint density at radius 1 is 1.15 bits per heavy atom. The number of hydrogen-bond acceptors (Lipinski definition) is 3. The van der Waals surface area contributed by atoms with E-state index in [1.165, 1.54) is 64.0 Å². The molecule has 0 bridgehead atoms. The Morgan fingerprint density at radius 2 is 1.88 bits per heavy atom. The van der Waals surface area contributed by atoms with E-state index in [2.05, 4.69) is 47.3 Å². The van der Waals surface area contributed by atoms with Gasteiger partial charge in [-0.2, -0.15) is 0 Å². The Bertz CT molecular complexity index is 840. The highest BCUT2D eigenvalue weighted by Gasteiger charge is 2.80. The van der Waals surface area contributed by atoms with Gasteiger partial charge in [-0.1, -0.05) is 39.0 Å². The zero-order valence-electron chi connectivity index (χ0n) is 22.8. The lowest BCUT2D eigenvalue weighted by atomic mass is 9.43. The second-order valence-electron chi connectivity index (χ2n) is 13.4. The number of fused-ring (bicyclic) bond motifs is 2. The van der Waals surface area contributed by atoms with E-state index in [-0.39, 0.29) is 18.0 Å². The lowest BCUT2D eigenvalue weighted by Gasteiger charge is -2.61. The molecule has 0 amide bonds. The first kappa shape index (κ1) is 26.0. The summed E-state index contributed by atoms with van der Waals surface area (Å²) in [5, 5.41) is 10.0. The minimum atomic E-state index is -0.0927. The molecule has 4 rings (SSSR count). The summed E-state index contributed by atoms with van der Waals surface area (Å²) in [6.07, 6.45) is 15.3. The molecule has 4 aliphatic carbocycles. The van der Waals surface area contributed by atoms with Crippen LogP contribution in [0.15, 0.2) is 23.8 Å². The second kappa shape index (κ2) is 9.09. The highest BCUT2D eigenvalue weighted by Crippen LogP contribution is 2.87. The number of allylic oxidation sites excluding steroid dienone is 2. The number of carbonyl (C=O) groups excluding carboxylic acids is 1. The molecule has 4 fully saturated rings. The molecule has 0 aromatic heterocycles. The summed E-state index contributed by atoms with van der Waals surface area (Å²) in [5.41, 5.74) is 3.69. The number of hydrogen-bond donors (Lipinski definition) is 1. The minimum Gasteiger partial charge on any atom is -0.469 e. The molecule has 4 saturated carbocycles. The van der Waals surface area contributed by atoms with Gasteiger partial charge in [-0.25, -0.2) is 0 Å². The Labute approximate surface area is 208 Å². The van der Waals surface area contributed by atoms with Gasteiger partial charge < -0.3 is 9.84 Å². The van der Waals surface area contributed by atoms with Crippen molar-refractivity contribution in [3.05, 3.63) is 23.8 Å². The van der Waals surface area contributed by atoms with Gasteiger partial charge in [0.25, 0.3) is 0 Å². The normalized spacial score (nSPS) is 43.2. The van der Waals surface area contributed by atoms with E-state index in [0.717, 1.165) is 36.2 Å². The zero-order chi connectivity index (χ0) is 24.9. The molecule has 8 atom stereocenters. The topological polar surface area (TPSA) is 46.5 Å². The minimum absolute atomic E-state index is 0.0750. The predicted octanol–water partition coefficient (Wildman–Crippen LogP) is 7.49. The van der Waals surface area contributed by atoms with E-state index in [4.69, 9.17) is 4.74 Å². The molecule has 0 heterocycles. The summed E-state index contributed by atoms with van der Waals surface area (Å²) in [4.78, 5) is 12.2. The van der Waals surface area contributed by atoms with Gasteiger partial charge in [0.15, 0.2) is 0 Å². The fourth-order valence-electron chi connectivity index (χ4n) is 10.2. The van der Waals surface area contributed by atoms with E-state index >= 15 is 0 Å². The molecule has 4 aliphatic rings. The van der Waals surface area contributed by atoms with Crippen molar-refractivity contribution in [1.82, 2.24) is 0 Å². The zero-order valence-corrected chi connectivity index (χ0v) is 22.8. The van der Waals surface area contributed by atoms with Crippen LogP contribution in [0.1, 0.15) is 105 Å². The van der Waals surface area contributed by atoms with Crippen molar-refractivity contribution in [3.63, 3.8) is 0 Å². The smallest absolute Gasteiger partial charge is 0.305 e. The highest BCUT2D eigenvalue weighted by atomic mass is 16.5. The molecule has 0 radical (unpaired) electrons. The number of esters is 1. The van der Waals surface area contributed by atoms with E-state index in [9.17, 15) is 9.90 Å². The summed E-state index contributed by atoms with van der Waals surface area (Å²) in [6.45, 7) is 16.6. The maximum absolute atomic E-state index is 12.2. The van der Waals surface area contributed by atoms with Gasteiger partial charge in [-0.05, 0) is 129 Å². The van der Waals surface area contributed by atoms with E-state index in [1.54, 1.807) is 0 Å². The maximum atomic E-state index is 12.2. The largest absolute Gasteiger partial charge is 0.469 e. The summed E-state index contributed by atoms with van der Waals surface area (Å²) in [6, 6.07) is 0. The van der Waals surface area contributed by atoms with Gasteiger partial charge in [-0.3, -0.25) is 4.79 Å². The molecule has 1 spiro atoms. The van der Waals surface area contributed by atoms with Crippen molar-refractivity contribution >= 4 is 5.97 Å². The van der Waals surface area contributed by atoms with E-state index in [1.807, 2.05) is 0 Å². The third-order valence-corrected chi connectivity index (χ3v) is 12.1. The number of rotatable bonds is 9. The first-order valence-electron chi connectivity index (χ1n) is 14.0. The summed E-state index contributed by atoms with van der Waals surface area (Å²) < 4.78 is 5.04. The average Bonchev–Trinajstić information content (AvgIpc) is 3.39. The third-order valence-electron chi connectivity index (χ3n) is 12.1. The number of ether oxygens (including phenoxy) is 1. The summed E-state index contributed by atoms with van der Waals surface area (Å²) in [5.74, 6) is 2.57. The molecule has 0 unspecified atom stereocenters. The van der Waals surface area contributed by atoms with Crippen LogP contribution < -0.4 is 0 Å². The van der Waals surface area contributed by atoms with Gasteiger partial charge in [0.2, 0.25) is 0 Å². The van der Waals surface area contributed by atoms with Crippen molar-refractivity contribution < 1.29 is 14.6 Å². The van der Waals surface area contributed by atoms with E-state index < -0.39 is 0 Å². The van der Waals surface area contributed by atoms with Gasteiger partial charge in [0.05, 0.1) is 13.7 Å². The number of carbonyl (C=O) groups is 1. The van der Waals surface area contributed by atoms with Crippen LogP contribution >= 0.6 is 0 Å². The standard InChI is InChI=1S/C31H50O3/c1-21(2)9-8-10-22(3)24-13-15-29(6)26-12-11-25(23(4)19-32)30(16-14-27(33)34-7)20-31(26,30)18-17-28(24,29)5/h9,22,24-26,32H,4,8,10-20H2,1-3,5-7H3/t22-,24-,25+,26+,28-,29+,30-,31+/m0/s1. The van der Waals surface area contributed by atoms with Crippen molar-refractivity contribution in [3.8, 4) is 0 Å². The van der Waals surface area contributed by atoms with Crippen LogP contribution in [0.5, 0.6) is 0 Å². The van der Waals surface area contributed by atoms with Crippen LogP contribution in [-0.4, -0.2) is 24.8 Å². The number of methoxy groups -OCH3 is 1. The molecule has 34 heavy (non-hydrogen) atoms.